The fourth-order valence-electron chi connectivity index (χ4n) is 2.50. The molecule has 1 atom stereocenters. The second kappa shape index (κ2) is 7.21. The van der Waals surface area contributed by atoms with E-state index >= 15 is 0 Å². The molecule has 0 bridgehead atoms. The molecule has 0 spiro atoms. The van der Waals surface area contributed by atoms with Crippen LogP contribution in [-0.2, 0) is 14.4 Å². The van der Waals surface area contributed by atoms with E-state index in [0.717, 1.165) is 0 Å². The Bertz CT molecular complexity index is 642. The Morgan fingerprint density at radius 3 is 2.54 bits per heavy atom. The number of carboxylic acids is 1. The summed E-state index contributed by atoms with van der Waals surface area (Å²) < 4.78 is 0. The third kappa shape index (κ3) is 4.26. The average Bonchev–Trinajstić information content (AvgIpc) is 2.89. The van der Waals surface area contributed by atoms with Crippen molar-refractivity contribution < 1.29 is 19.5 Å². The molecule has 1 heterocycles. The second-order valence-corrected chi connectivity index (χ2v) is 7.05. The van der Waals surface area contributed by atoms with Crippen molar-refractivity contribution in [1.29, 1.82) is 0 Å². The average molecular weight is 353 g/mol. The van der Waals surface area contributed by atoms with Crippen LogP contribution in [0.5, 0.6) is 0 Å². The molecule has 6 nitrogen and oxygen atoms in total. The summed E-state index contributed by atoms with van der Waals surface area (Å²) >= 11 is 5.84. The van der Waals surface area contributed by atoms with Crippen LogP contribution in [0.3, 0.4) is 0 Å². The summed E-state index contributed by atoms with van der Waals surface area (Å²) in [4.78, 5) is 37.0. The first-order valence-electron chi connectivity index (χ1n) is 7.78. The molecule has 1 aliphatic heterocycles. The van der Waals surface area contributed by atoms with E-state index in [-0.39, 0.29) is 24.8 Å². The minimum absolute atomic E-state index is 0.108. The maximum Gasteiger partial charge on any atom is 0.309 e. The van der Waals surface area contributed by atoms with Gasteiger partial charge in [-0.15, -0.1) is 0 Å². The zero-order valence-corrected chi connectivity index (χ0v) is 14.5. The number of carboxylic acid groups (broad SMARTS) is 1. The first kappa shape index (κ1) is 18.3. The quantitative estimate of drug-likeness (QED) is 0.822. The molecule has 1 aromatic carbocycles. The first-order valence-corrected chi connectivity index (χ1v) is 8.15. The fourth-order valence-corrected chi connectivity index (χ4v) is 2.63. The molecule has 0 radical (unpaired) electrons. The molecule has 0 aliphatic carbocycles. The van der Waals surface area contributed by atoms with Crippen LogP contribution in [0.2, 0.25) is 5.02 Å². The molecule has 130 valence electrons. The van der Waals surface area contributed by atoms with Crippen molar-refractivity contribution >= 4 is 35.1 Å². The SMILES string of the molecule is CC(C)(CCNC(=O)C1CC(=O)N(c2ccc(Cl)cc2)C1)C(=O)O. The number of nitrogens with zero attached hydrogens (tertiary/aromatic N) is 1. The van der Waals surface area contributed by atoms with Gasteiger partial charge in [-0.25, -0.2) is 0 Å². The minimum Gasteiger partial charge on any atom is -0.481 e. The van der Waals surface area contributed by atoms with Gasteiger partial charge in [-0.05, 0) is 44.5 Å². The van der Waals surface area contributed by atoms with Gasteiger partial charge in [0.05, 0.1) is 11.3 Å². The van der Waals surface area contributed by atoms with Crippen LogP contribution in [0, 0.1) is 11.3 Å². The number of carbonyl (C=O) groups excluding carboxylic acids is 2. The third-order valence-electron chi connectivity index (χ3n) is 4.26. The van der Waals surface area contributed by atoms with Crippen LogP contribution >= 0.6 is 11.6 Å². The molecule has 2 rings (SSSR count). The summed E-state index contributed by atoms with van der Waals surface area (Å²) in [6, 6.07) is 6.89. The number of nitrogens with one attached hydrogen (secondary N) is 1. The summed E-state index contributed by atoms with van der Waals surface area (Å²) in [5, 5.41) is 12.4. The lowest BCUT2D eigenvalue weighted by Crippen LogP contribution is -2.36. The molecule has 0 saturated carbocycles. The predicted molar refractivity (Wildman–Crippen MR) is 91.0 cm³/mol. The number of hydrogen-bond acceptors (Lipinski definition) is 3. The Labute approximate surface area is 145 Å². The number of halogens is 1. The molecular formula is C17H21ClN2O4. The summed E-state index contributed by atoms with van der Waals surface area (Å²) in [7, 11) is 0. The lowest BCUT2D eigenvalue weighted by Gasteiger charge is -2.20. The minimum atomic E-state index is -0.901. The zero-order chi connectivity index (χ0) is 17.9. The van der Waals surface area contributed by atoms with Gasteiger partial charge in [0, 0.05) is 30.2 Å². The Morgan fingerprint density at radius 2 is 1.96 bits per heavy atom. The second-order valence-electron chi connectivity index (χ2n) is 6.61. The highest BCUT2D eigenvalue weighted by atomic mass is 35.5. The predicted octanol–water partition coefficient (Wildman–Crippen LogP) is 2.31. The van der Waals surface area contributed by atoms with E-state index in [1.54, 1.807) is 43.0 Å². The van der Waals surface area contributed by atoms with Crippen molar-refractivity contribution in [2.45, 2.75) is 26.7 Å². The van der Waals surface area contributed by atoms with Gasteiger partial charge in [-0.3, -0.25) is 14.4 Å². The largest absolute Gasteiger partial charge is 0.481 e. The van der Waals surface area contributed by atoms with Gasteiger partial charge in [-0.1, -0.05) is 11.6 Å². The van der Waals surface area contributed by atoms with E-state index in [2.05, 4.69) is 5.32 Å². The number of aliphatic carboxylic acids is 1. The third-order valence-corrected chi connectivity index (χ3v) is 4.51. The van der Waals surface area contributed by atoms with Crippen molar-refractivity contribution in [3.8, 4) is 0 Å². The molecule has 1 saturated heterocycles. The van der Waals surface area contributed by atoms with Gasteiger partial charge in [0.25, 0.3) is 0 Å². The van der Waals surface area contributed by atoms with E-state index in [1.165, 1.54) is 0 Å². The number of carbonyl (C=O) groups is 3. The molecule has 2 amide bonds. The normalized spacial score (nSPS) is 17.9. The van der Waals surface area contributed by atoms with Gasteiger partial charge in [0.2, 0.25) is 11.8 Å². The number of hydrogen-bond donors (Lipinski definition) is 2. The number of rotatable bonds is 6. The highest BCUT2D eigenvalue weighted by molar-refractivity contribution is 6.30. The molecule has 2 N–H and O–H groups in total. The van der Waals surface area contributed by atoms with Gasteiger partial charge >= 0.3 is 5.97 Å². The lowest BCUT2D eigenvalue weighted by atomic mass is 9.89. The number of benzene rings is 1. The van der Waals surface area contributed by atoms with E-state index in [0.29, 0.717) is 23.7 Å². The molecular weight excluding hydrogens is 332 g/mol. The van der Waals surface area contributed by atoms with Crippen molar-refractivity contribution in [3.05, 3.63) is 29.3 Å². The zero-order valence-electron chi connectivity index (χ0n) is 13.7. The lowest BCUT2D eigenvalue weighted by molar-refractivity contribution is -0.147. The molecule has 1 aromatic rings. The highest BCUT2D eigenvalue weighted by Crippen LogP contribution is 2.26. The molecule has 24 heavy (non-hydrogen) atoms. The van der Waals surface area contributed by atoms with Crippen LogP contribution in [0.4, 0.5) is 5.69 Å². The summed E-state index contributed by atoms with van der Waals surface area (Å²) in [5.41, 5.74) is -0.180. The number of amides is 2. The fraction of sp³-hybridized carbons (Fsp3) is 0.471. The Kier molecular flexibility index (Phi) is 5.49. The van der Waals surface area contributed by atoms with Crippen LogP contribution in [0.1, 0.15) is 26.7 Å². The summed E-state index contributed by atoms with van der Waals surface area (Å²) in [5.74, 6) is -1.66. The smallest absolute Gasteiger partial charge is 0.309 e. The van der Waals surface area contributed by atoms with Gasteiger partial charge in [0.1, 0.15) is 0 Å². The number of anilines is 1. The maximum atomic E-state index is 12.2. The van der Waals surface area contributed by atoms with Crippen LogP contribution in [0.15, 0.2) is 24.3 Å². The molecule has 1 unspecified atom stereocenters. The van der Waals surface area contributed by atoms with Gasteiger partial charge in [0.15, 0.2) is 0 Å². The highest BCUT2D eigenvalue weighted by Gasteiger charge is 2.35. The molecule has 7 heteroatoms. The van der Waals surface area contributed by atoms with Crippen molar-refractivity contribution in [2.75, 3.05) is 18.0 Å². The topological polar surface area (TPSA) is 86.7 Å². The van der Waals surface area contributed by atoms with E-state index in [4.69, 9.17) is 16.7 Å². The van der Waals surface area contributed by atoms with Crippen LogP contribution in [-0.4, -0.2) is 36.0 Å². The van der Waals surface area contributed by atoms with Crippen LogP contribution < -0.4 is 10.2 Å². The van der Waals surface area contributed by atoms with Crippen molar-refractivity contribution in [2.24, 2.45) is 11.3 Å². The van der Waals surface area contributed by atoms with E-state index in [9.17, 15) is 14.4 Å². The standard InChI is InChI=1S/C17H21ClN2O4/c1-17(2,16(23)24)7-8-19-15(22)11-9-14(21)20(10-11)13-5-3-12(18)4-6-13/h3-6,11H,7-10H2,1-2H3,(H,19,22)(H,23,24). The summed E-state index contributed by atoms with van der Waals surface area (Å²) in [6.07, 6.45) is 0.479. The monoisotopic (exact) mass is 352 g/mol. The molecule has 0 aromatic heterocycles. The Morgan fingerprint density at radius 1 is 1.33 bits per heavy atom. The van der Waals surface area contributed by atoms with E-state index in [1.807, 2.05) is 0 Å². The van der Waals surface area contributed by atoms with E-state index < -0.39 is 17.3 Å². The van der Waals surface area contributed by atoms with Crippen molar-refractivity contribution in [3.63, 3.8) is 0 Å². The molecule has 1 aliphatic rings. The van der Waals surface area contributed by atoms with Gasteiger partial charge in [-0.2, -0.15) is 0 Å². The molecule has 1 fully saturated rings. The van der Waals surface area contributed by atoms with Gasteiger partial charge < -0.3 is 15.3 Å². The Balaban J connectivity index is 1.89. The first-order chi connectivity index (χ1) is 11.2. The van der Waals surface area contributed by atoms with Crippen LogP contribution in [0.25, 0.3) is 0 Å². The van der Waals surface area contributed by atoms with Crippen molar-refractivity contribution in [1.82, 2.24) is 5.32 Å². The summed E-state index contributed by atoms with van der Waals surface area (Å²) in [6.45, 7) is 3.81. The maximum absolute atomic E-state index is 12.2. The Hall–Kier alpha value is -2.08.